The smallest absolute Gasteiger partial charge is 0.245 e. The van der Waals surface area contributed by atoms with Crippen molar-refractivity contribution in [3.05, 3.63) is 18.0 Å². The van der Waals surface area contributed by atoms with Gasteiger partial charge in [0.2, 0.25) is 10.0 Å². The van der Waals surface area contributed by atoms with Crippen LogP contribution in [-0.2, 0) is 28.4 Å². The Morgan fingerprint density at radius 1 is 1.47 bits per heavy atom. The number of sulfonamides is 1. The summed E-state index contributed by atoms with van der Waals surface area (Å²) in [6.07, 6.45) is 1.53. The first-order valence-corrected chi connectivity index (χ1v) is 7.60. The van der Waals surface area contributed by atoms with Gasteiger partial charge in [0.1, 0.15) is 4.90 Å². The summed E-state index contributed by atoms with van der Waals surface area (Å²) >= 11 is 0. The SMILES string of the molecule is Cn1cc(S(=O)(=O)N2CCOCC2(C)C)cc1CO. The summed E-state index contributed by atoms with van der Waals surface area (Å²) in [5.74, 6) is 0. The van der Waals surface area contributed by atoms with E-state index in [4.69, 9.17) is 9.84 Å². The molecule has 1 N–H and O–H groups in total. The highest BCUT2D eigenvalue weighted by Crippen LogP contribution is 2.28. The molecule has 0 atom stereocenters. The second kappa shape index (κ2) is 4.90. The molecule has 19 heavy (non-hydrogen) atoms. The van der Waals surface area contributed by atoms with E-state index in [0.717, 1.165) is 0 Å². The van der Waals surface area contributed by atoms with Crippen molar-refractivity contribution < 1.29 is 18.3 Å². The van der Waals surface area contributed by atoms with Crippen LogP contribution in [0.3, 0.4) is 0 Å². The second-order valence-corrected chi connectivity index (χ2v) is 7.24. The third kappa shape index (κ3) is 2.55. The Kier molecular flexibility index (Phi) is 3.74. The van der Waals surface area contributed by atoms with Gasteiger partial charge < -0.3 is 14.4 Å². The molecule has 108 valence electrons. The van der Waals surface area contributed by atoms with Gasteiger partial charge >= 0.3 is 0 Å². The molecule has 6 nitrogen and oxygen atoms in total. The molecule has 0 bridgehead atoms. The van der Waals surface area contributed by atoms with E-state index in [1.54, 1.807) is 11.6 Å². The Labute approximate surface area is 113 Å². The van der Waals surface area contributed by atoms with Crippen molar-refractivity contribution >= 4 is 10.0 Å². The minimum absolute atomic E-state index is 0.182. The summed E-state index contributed by atoms with van der Waals surface area (Å²) in [4.78, 5) is 0.217. The van der Waals surface area contributed by atoms with Gasteiger partial charge in [0.15, 0.2) is 0 Å². The maximum Gasteiger partial charge on any atom is 0.245 e. The number of hydrogen-bond donors (Lipinski definition) is 1. The van der Waals surface area contributed by atoms with E-state index in [2.05, 4.69) is 0 Å². The molecule has 0 amide bonds. The van der Waals surface area contributed by atoms with E-state index in [1.165, 1.54) is 16.6 Å². The lowest BCUT2D eigenvalue weighted by atomic mass is 10.1. The highest BCUT2D eigenvalue weighted by atomic mass is 32.2. The van der Waals surface area contributed by atoms with Gasteiger partial charge in [-0.3, -0.25) is 0 Å². The molecule has 1 aromatic heterocycles. The third-order valence-corrected chi connectivity index (χ3v) is 5.48. The monoisotopic (exact) mass is 288 g/mol. The van der Waals surface area contributed by atoms with Crippen LogP contribution in [0.2, 0.25) is 0 Å². The predicted molar refractivity (Wildman–Crippen MR) is 70.1 cm³/mol. The van der Waals surface area contributed by atoms with Gasteiger partial charge in [-0.05, 0) is 19.9 Å². The maximum absolute atomic E-state index is 12.7. The Hall–Kier alpha value is -0.890. The summed E-state index contributed by atoms with van der Waals surface area (Å²) in [6, 6.07) is 1.51. The molecule has 1 aliphatic heterocycles. The number of aliphatic hydroxyl groups is 1. The minimum Gasteiger partial charge on any atom is -0.390 e. The van der Waals surface area contributed by atoms with E-state index in [1.807, 2.05) is 13.8 Å². The molecule has 0 aromatic carbocycles. The van der Waals surface area contributed by atoms with Crippen LogP contribution in [0.25, 0.3) is 0 Å². The van der Waals surface area contributed by atoms with Crippen LogP contribution >= 0.6 is 0 Å². The fourth-order valence-corrected chi connectivity index (χ4v) is 4.14. The van der Waals surface area contributed by atoms with Crippen molar-refractivity contribution in [2.75, 3.05) is 19.8 Å². The molecule has 1 aromatic rings. The number of hydrogen-bond acceptors (Lipinski definition) is 4. The average Bonchev–Trinajstić information content (AvgIpc) is 2.70. The number of aromatic nitrogens is 1. The van der Waals surface area contributed by atoms with Gasteiger partial charge in [0, 0.05) is 25.5 Å². The topological polar surface area (TPSA) is 71.8 Å². The molecule has 7 heteroatoms. The van der Waals surface area contributed by atoms with Gasteiger partial charge in [0.05, 0.1) is 25.4 Å². The Morgan fingerprint density at radius 2 is 2.16 bits per heavy atom. The Balaban J connectivity index is 2.41. The summed E-state index contributed by atoms with van der Waals surface area (Å²) in [5.41, 5.74) is 0.0105. The molecular weight excluding hydrogens is 268 g/mol. The standard InChI is InChI=1S/C12H20N2O4S/c1-12(2)9-18-5-4-14(12)19(16,17)11-6-10(8-15)13(3)7-11/h6-7,15H,4-5,8-9H2,1-3H3. The first-order chi connectivity index (χ1) is 8.79. The largest absolute Gasteiger partial charge is 0.390 e. The molecule has 2 rings (SSSR count). The Morgan fingerprint density at radius 3 is 2.68 bits per heavy atom. The number of aryl methyl sites for hydroxylation is 1. The first-order valence-electron chi connectivity index (χ1n) is 6.16. The first kappa shape index (κ1) is 14.5. The van der Waals surface area contributed by atoms with E-state index in [9.17, 15) is 8.42 Å². The lowest BCUT2D eigenvalue weighted by Crippen LogP contribution is -2.55. The zero-order chi connectivity index (χ0) is 14.3. The van der Waals surface area contributed by atoms with Gasteiger partial charge in [-0.15, -0.1) is 0 Å². The molecule has 0 spiro atoms. The fourth-order valence-electron chi connectivity index (χ4n) is 2.29. The zero-order valence-corrected chi connectivity index (χ0v) is 12.3. The van der Waals surface area contributed by atoms with Crippen molar-refractivity contribution in [1.82, 2.24) is 8.87 Å². The highest BCUT2D eigenvalue weighted by molar-refractivity contribution is 7.89. The minimum atomic E-state index is -3.56. The van der Waals surface area contributed by atoms with E-state index >= 15 is 0 Å². The molecule has 0 radical (unpaired) electrons. The van der Waals surface area contributed by atoms with E-state index < -0.39 is 15.6 Å². The molecule has 1 fully saturated rings. The van der Waals surface area contributed by atoms with Crippen molar-refractivity contribution in [1.29, 1.82) is 0 Å². The summed E-state index contributed by atoms with van der Waals surface area (Å²) in [5, 5.41) is 9.16. The van der Waals surface area contributed by atoms with Gasteiger partial charge in [-0.2, -0.15) is 4.31 Å². The van der Waals surface area contributed by atoms with Crippen LogP contribution < -0.4 is 0 Å². The lowest BCUT2D eigenvalue weighted by Gasteiger charge is -2.40. The van der Waals surface area contributed by atoms with Crippen LogP contribution in [0.5, 0.6) is 0 Å². The van der Waals surface area contributed by atoms with Crippen LogP contribution in [0.15, 0.2) is 17.2 Å². The Bertz CT molecular complexity index is 562. The van der Waals surface area contributed by atoms with E-state index in [-0.39, 0.29) is 11.5 Å². The van der Waals surface area contributed by atoms with Crippen LogP contribution in [-0.4, -0.2) is 47.7 Å². The van der Waals surface area contributed by atoms with Crippen LogP contribution in [0.4, 0.5) is 0 Å². The number of ether oxygens (including phenoxy) is 1. The molecule has 0 unspecified atom stereocenters. The number of nitrogens with zero attached hydrogens (tertiary/aromatic N) is 2. The maximum atomic E-state index is 12.7. The quantitative estimate of drug-likeness (QED) is 0.869. The van der Waals surface area contributed by atoms with Gasteiger partial charge in [-0.25, -0.2) is 8.42 Å². The van der Waals surface area contributed by atoms with Crippen LogP contribution in [0.1, 0.15) is 19.5 Å². The summed E-state index contributed by atoms with van der Waals surface area (Å²) < 4.78 is 33.8. The molecule has 1 saturated heterocycles. The molecule has 0 saturated carbocycles. The summed E-state index contributed by atoms with van der Waals surface area (Å²) in [6.45, 7) is 4.64. The number of morpholine rings is 1. The lowest BCUT2D eigenvalue weighted by molar-refractivity contribution is -0.00770. The third-order valence-electron chi connectivity index (χ3n) is 3.40. The average molecular weight is 288 g/mol. The molecule has 1 aliphatic rings. The normalized spacial score (nSPS) is 20.6. The predicted octanol–water partition coefficient (Wildman–Crippen LogP) is 0.317. The van der Waals surface area contributed by atoms with E-state index in [0.29, 0.717) is 25.5 Å². The molecular formula is C12H20N2O4S. The fraction of sp³-hybridized carbons (Fsp3) is 0.667. The zero-order valence-electron chi connectivity index (χ0n) is 11.5. The van der Waals surface area contributed by atoms with Gasteiger partial charge in [-0.1, -0.05) is 0 Å². The highest BCUT2D eigenvalue weighted by Gasteiger charge is 2.40. The van der Waals surface area contributed by atoms with Crippen molar-refractivity contribution in [3.63, 3.8) is 0 Å². The summed E-state index contributed by atoms with van der Waals surface area (Å²) in [7, 11) is -1.84. The van der Waals surface area contributed by atoms with Gasteiger partial charge in [0.25, 0.3) is 0 Å². The van der Waals surface area contributed by atoms with Crippen molar-refractivity contribution in [2.45, 2.75) is 30.9 Å². The van der Waals surface area contributed by atoms with Crippen molar-refractivity contribution in [2.24, 2.45) is 7.05 Å². The second-order valence-electron chi connectivity index (χ2n) is 5.38. The van der Waals surface area contributed by atoms with Crippen LogP contribution in [0, 0.1) is 0 Å². The van der Waals surface area contributed by atoms with Crippen molar-refractivity contribution in [3.8, 4) is 0 Å². The molecule has 2 heterocycles. The number of rotatable bonds is 3. The molecule has 0 aliphatic carbocycles. The number of aliphatic hydroxyl groups excluding tert-OH is 1.